The number of hydrogen-bond acceptors (Lipinski definition) is 3. The first-order valence-electron chi connectivity index (χ1n) is 6.67. The molecule has 1 unspecified atom stereocenters. The van der Waals surface area contributed by atoms with Crippen LogP contribution < -0.4 is 5.32 Å². The van der Waals surface area contributed by atoms with Crippen LogP contribution in [0.3, 0.4) is 0 Å². The van der Waals surface area contributed by atoms with Crippen molar-refractivity contribution in [2.75, 3.05) is 6.54 Å². The molecule has 4 nitrogen and oxygen atoms in total. The Kier molecular flexibility index (Phi) is 4.24. The molecule has 0 aliphatic carbocycles. The maximum absolute atomic E-state index is 12.1. The van der Waals surface area contributed by atoms with Crippen molar-refractivity contribution in [2.24, 2.45) is 5.92 Å². The Morgan fingerprint density at radius 2 is 2.05 bits per heavy atom. The third kappa shape index (κ3) is 2.97. The van der Waals surface area contributed by atoms with Gasteiger partial charge >= 0.3 is 0 Å². The van der Waals surface area contributed by atoms with Crippen molar-refractivity contribution in [3.8, 4) is 0 Å². The van der Waals surface area contributed by atoms with Crippen molar-refractivity contribution in [3.63, 3.8) is 0 Å². The second-order valence-corrected chi connectivity index (χ2v) is 6.40. The minimum absolute atomic E-state index is 0.00440. The van der Waals surface area contributed by atoms with E-state index in [9.17, 15) is 9.59 Å². The van der Waals surface area contributed by atoms with Crippen molar-refractivity contribution in [2.45, 2.75) is 39.8 Å². The van der Waals surface area contributed by atoms with Crippen LogP contribution in [0.1, 0.15) is 30.5 Å². The number of rotatable bonds is 4. The van der Waals surface area contributed by atoms with Crippen molar-refractivity contribution < 1.29 is 9.59 Å². The van der Waals surface area contributed by atoms with E-state index < -0.39 is 0 Å². The normalized spacial score (nSPS) is 20.0. The fourth-order valence-corrected chi connectivity index (χ4v) is 3.34. The first-order chi connectivity index (χ1) is 9.02. The second-order valence-electron chi connectivity index (χ2n) is 5.15. The Morgan fingerprint density at radius 3 is 2.63 bits per heavy atom. The van der Waals surface area contributed by atoms with Crippen molar-refractivity contribution in [3.05, 3.63) is 21.9 Å². The Hall–Kier alpha value is -1.36. The van der Waals surface area contributed by atoms with Gasteiger partial charge in [-0.1, -0.05) is 20.8 Å². The molecule has 0 spiro atoms. The summed E-state index contributed by atoms with van der Waals surface area (Å²) in [6.45, 7) is 6.73. The molecule has 2 heterocycles. The highest BCUT2D eigenvalue weighted by Gasteiger charge is 2.36. The molecule has 2 rings (SSSR count). The third-order valence-electron chi connectivity index (χ3n) is 3.36. The van der Waals surface area contributed by atoms with Gasteiger partial charge in [-0.05, 0) is 24.5 Å². The van der Waals surface area contributed by atoms with Gasteiger partial charge in [-0.2, -0.15) is 0 Å². The van der Waals surface area contributed by atoms with Crippen LogP contribution in [-0.4, -0.2) is 29.3 Å². The molecule has 0 bridgehead atoms. The van der Waals surface area contributed by atoms with E-state index in [2.05, 4.69) is 24.4 Å². The summed E-state index contributed by atoms with van der Waals surface area (Å²) in [5.41, 5.74) is 0. The summed E-state index contributed by atoms with van der Waals surface area (Å²) in [7, 11) is 0. The fraction of sp³-hybridized carbons (Fsp3) is 0.571. The molecule has 1 atom stereocenters. The highest BCUT2D eigenvalue weighted by molar-refractivity contribution is 7.11. The molecule has 2 amide bonds. The van der Waals surface area contributed by atoms with Crippen LogP contribution in [0.2, 0.25) is 0 Å². The molecule has 1 fully saturated rings. The zero-order valence-electron chi connectivity index (χ0n) is 11.6. The highest BCUT2D eigenvalue weighted by Crippen LogP contribution is 2.23. The Labute approximate surface area is 117 Å². The van der Waals surface area contributed by atoms with E-state index >= 15 is 0 Å². The van der Waals surface area contributed by atoms with E-state index in [1.165, 1.54) is 4.88 Å². The summed E-state index contributed by atoms with van der Waals surface area (Å²) in [5.74, 6) is 0.0847. The van der Waals surface area contributed by atoms with Gasteiger partial charge < -0.3 is 10.2 Å². The molecule has 1 N–H and O–H groups in total. The predicted octanol–water partition coefficient (Wildman–Crippen LogP) is 1.79. The number of piperazine rings is 1. The van der Waals surface area contributed by atoms with E-state index in [1.54, 1.807) is 16.2 Å². The smallest absolute Gasteiger partial charge is 0.243 e. The number of nitrogens with zero attached hydrogens (tertiary/aromatic N) is 1. The van der Waals surface area contributed by atoms with E-state index in [0.29, 0.717) is 6.54 Å². The summed E-state index contributed by atoms with van der Waals surface area (Å²) in [6.07, 6.45) is 1.01. The number of hydrogen-bond donors (Lipinski definition) is 1. The molecule has 0 saturated carbocycles. The van der Waals surface area contributed by atoms with Gasteiger partial charge in [0.2, 0.25) is 11.8 Å². The second kappa shape index (κ2) is 5.74. The Balaban J connectivity index is 2.18. The van der Waals surface area contributed by atoms with Crippen molar-refractivity contribution >= 4 is 23.2 Å². The molecule has 1 aliphatic heterocycles. The lowest BCUT2D eigenvalue weighted by Crippen LogP contribution is -2.59. The molecular weight excluding hydrogens is 260 g/mol. The average Bonchev–Trinajstić information content (AvgIpc) is 2.81. The van der Waals surface area contributed by atoms with E-state index in [-0.39, 0.29) is 30.3 Å². The van der Waals surface area contributed by atoms with Crippen LogP contribution >= 0.6 is 11.3 Å². The van der Waals surface area contributed by atoms with Crippen molar-refractivity contribution in [1.29, 1.82) is 0 Å². The number of carbonyl (C=O) groups excluding carboxylic acids is 2. The maximum atomic E-state index is 12.1. The summed E-state index contributed by atoms with van der Waals surface area (Å²) < 4.78 is 0. The molecule has 1 aromatic rings. The fourth-order valence-electron chi connectivity index (χ4n) is 2.38. The van der Waals surface area contributed by atoms with Crippen molar-refractivity contribution in [1.82, 2.24) is 10.2 Å². The van der Waals surface area contributed by atoms with Crippen LogP contribution in [0.25, 0.3) is 0 Å². The summed E-state index contributed by atoms with van der Waals surface area (Å²) in [4.78, 5) is 28.2. The minimum Gasteiger partial charge on any atom is -0.345 e. The van der Waals surface area contributed by atoms with Gasteiger partial charge in [0.15, 0.2) is 0 Å². The first-order valence-corrected chi connectivity index (χ1v) is 7.49. The van der Waals surface area contributed by atoms with Crippen LogP contribution in [0, 0.1) is 5.92 Å². The topological polar surface area (TPSA) is 49.4 Å². The lowest BCUT2D eigenvalue weighted by Gasteiger charge is -2.36. The van der Waals surface area contributed by atoms with Crippen LogP contribution in [-0.2, 0) is 22.6 Å². The lowest BCUT2D eigenvalue weighted by molar-refractivity contribution is -0.148. The number of thiophene rings is 1. The molecule has 1 saturated heterocycles. The van der Waals surface area contributed by atoms with E-state index in [0.717, 1.165) is 11.3 Å². The summed E-state index contributed by atoms with van der Waals surface area (Å²) in [5, 5.41) is 2.67. The van der Waals surface area contributed by atoms with Gasteiger partial charge in [-0.3, -0.25) is 9.59 Å². The van der Waals surface area contributed by atoms with Gasteiger partial charge in [-0.25, -0.2) is 0 Å². The Bertz CT molecular complexity index is 482. The standard InChI is InChI=1S/C14H20N2O2S/c1-4-10-5-6-11(19-10)8-16-12(17)7-15-14(18)13(16)9(2)3/h5-6,9,13H,4,7-8H2,1-3H3,(H,15,18). The zero-order valence-corrected chi connectivity index (χ0v) is 12.4. The number of amides is 2. The SMILES string of the molecule is CCc1ccc(CN2C(=O)CNC(=O)C2C(C)C)s1. The van der Waals surface area contributed by atoms with Gasteiger partial charge in [0.05, 0.1) is 13.1 Å². The summed E-state index contributed by atoms with van der Waals surface area (Å²) in [6, 6.07) is 3.80. The molecule has 0 aromatic carbocycles. The predicted molar refractivity (Wildman–Crippen MR) is 75.9 cm³/mol. The van der Waals surface area contributed by atoms with Gasteiger partial charge in [0.25, 0.3) is 0 Å². The van der Waals surface area contributed by atoms with Crippen LogP contribution in [0.4, 0.5) is 0 Å². The largest absolute Gasteiger partial charge is 0.345 e. The highest BCUT2D eigenvalue weighted by atomic mass is 32.1. The third-order valence-corrected chi connectivity index (χ3v) is 4.58. The molecule has 1 aliphatic rings. The van der Waals surface area contributed by atoms with Gasteiger partial charge in [0.1, 0.15) is 6.04 Å². The molecule has 5 heteroatoms. The average molecular weight is 280 g/mol. The van der Waals surface area contributed by atoms with E-state index in [1.807, 2.05) is 13.8 Å². The summed E-state index contributed by atoms with van der Waals surface area (Å²) >= 11 is 1.72. The maximum Gasteiger partial charge on any atom is 0.243 e. The number of carbonyl (C=O) groups is 2. The minimum atomic E-state index is -0.353. The van der Waals surface area contributed by atoms with Crippen LogP contribution in [0.15, 0.2) is 12.1 Å². The van der Waals surface area contributed by atoms with Gasteiger partial charge in [0, 0.05) is 9.75 Å². The molecule has 1 aromatic heterocycles. The Morgan fingerprint density at radius 1 is 1.37 bits per heavy atom. The van der Waals surface area contributed by atoms with E-state index in [4.69, 9.17) is 0 Å². The lowest BCUT2D eigenvalue weighted by atomic mass is 9.99. The molecular formula is C14H20N2O2S. The zero-order chi connectivity index (χ0) is 14.0. The number of aryl methyl sites for hydroxylation is 1. The molecule has 0 radical (unpaired) electrons. The molecule has 104 valence electrons. The molecule has 19 heavy (non-hydrogen) atoms. The monoisotopic (exact) mass is 280 g/mol. The number of nitrogens with one attached hydrogen (secondary N) is 1. The van der Waals surface area contributed by atoms with Crippen LogP contribution in [0.5, 0.6) is 0 Å². The van der Waals surface area contributed by atoms with Gasteiger partial charge in [-0.15, -0.1) is 11.3 Å². The quantitative estimate of drug-likeness (QED) is 0.914. The first kappa shape index (κ1) is 14.1.